The van der Waals surface area contributed by atoms with Gasteiger partial charge in [0.25, 0.3) is 0 Å². The Morgan fingerprint density at radius 2 is 0.500 bits per heavy atom. The van der Waals surface area contributed by atoms with E-state index in [2.05, 4.69) is 38.4 Å². The van der Waals surface area contributed by atoms with E-state index in [-0.39, 0.29) is 5.78 Å². The maximum atomic E-state index is 15.4. The number of carbonyl (C=O) groups excluding carboxylic acids is 1. The predicted molar refractivity (Wildman–Crippen MR) is 164 cm³/mol. The van der Waals surface area contributed by atoms with E-state index < -0.39 is 144 Å². The van der Waals surface area contributed by atoms with Gasteiger partial charge in [-0.15, -0.1) is 21.9 Å². The largest absolute Gasteiger partial charge is 0.307 e. The molecule has 5 aromatic rings. The van der Waals surface area contributed by atoms with Gasteiger partial charge in [0.1, 0.15) is 64.2 Å². The molecule has 312 valence electrons. The van der Waals surface area contributed by atoms with Crippen LogP contribution in [0.4, 0.5) is 93.5 Å². The summed E-state index contributed by atoms with van der Waals surface area (Å²) in [6.07, 6.45) is -7.22. The van der Waals surface area contributed by atoms with Crippen LogP contribution < -0.4 is 26.8 Å². The molecule has 0 fully saturated rings. The van der Waals surface area contributed by atoms with Crippen molar-refractivity contribution in [3.05, 3.63) is 147 Å². The van der Waals surface area contributed by atoms with Gasteiger partial charge >= 0.3 is 0 Å². The number of rotatable bonds is 5. The highest BCUT2D eigenvalue weighted by Crippen LogP contribution is 2.30. The van der Waals surface area contributed by atoms with Crippen molar-refractivity contribution in [2.24, 2.45) is 0 Å². The van der Waals surface area contributed by atoms with Crippen LogP contribution in [0.15, 0.2) is 30.3 Å². The quantitative estimate of drug-likeness (QED) is 0.0884. The maximum Gasteiger partial charge on any atom is 0.200 e. The monoisotopic (exact) mass is 859 g/mol. The summed E-state index contributed by atoms with van der Waals surface area (Å²) in [4.78, 5) is 10.8. The van der Waals surface area contributed by atoms with Crippen LogP contribution in [0.2, 0.25) is 0 Å². The SMILES string of the molecule is CC(C)=O.C[NH+](C)c1ccccc1.Fc1c(F)c(F)c([B-](c2c(F)c(F)c(F)c(F)c2F)(c2c(F)c(F)c(F)c(F)c2F)c2c(F)c(F)c(F)c(F)c2F)c(F)c1F. The molecule has 1 N–H and O–H groups in total. The van der Waals surface area contributed by atoms with Gasteiger partial charge in [-0.3, -0.25) is 0 Å². The standard InChI is InChI=1S/C24BF20.C8H11N.C3H6O/c26-5-1(6(27)14(35)21(42)13(5)34)25(2-7(28)15(36)22(43)16(37)8(2)29,3-9(30)17(38)23(44)18(39)10(3)31)4-11(32)19(40)24(45)20(41)12(4)33;1-9(2)8-6-4-3-5-7-8;1-3(2)4/h;3-7H,1-2H3;1-2H3/q-1;;/p+1. The van der Waals surface area contributed by atoms with E-state index in [4.69, 9.17) is 0 Å². The first-order chi connectivity index (χ1) is 26.7. The molecule has 5 rings (SSSR count). The topological polar surface area (TPSA) is 21.5 Å². The number of hydrogen-bond acceptors (Lipinski definition) is 1. The lowest BCUT2D eigenvalue weighted by atomic mass is 9.12. The van der Waals surface area contributed by atoms with Crippen molar-refractivity contribution in [3.63, 3.8) is 0 Å². The normalized spacial score (nSPS) is 11.3. The van der Waals surface area contributed by atoms with Crippen molar-refractivity contribution in [3.8, 4) is 0 Å². The van der Waals surface area contributed by atoms with E-state index in [1.165, 1.54) is 24.4 Å². The van der Waals surface area contributed by atoms with Gasteiger partial charge in [-0.25, -0.2) is 87.8 Å². The molecule has 0 aliphatic heterocycles. The van der Waals surface area contributed by atoms with Crippen LogP contribution in [0, 0.1) is 116 Å². The van der Waals surface area contributed by atoms with Crippen molar-refractivity contribution >= 4 is 39.5 Å². The third-order valence-corrected chi connectivity index (χ3v) is 8.06. The first kappa shape index (κ1) is 46.8. The Bertz CT molecular complexity index is 2040. The predicted octanol–water partition coefficient (Wildman–Crippen LogP) is 6.90. The van der Waals surface area contributed by atoms with Crippen molar-refractivity contribution in [1.82, 2.24) is 0 Å². The van der Waals surface area contributed by atoms with Crippen molar-refractivity contribution < 1.29 is 97.5 Å². The minimum Gasteiger partial charge on any atom is -0.307 e. The molecule has 58 heavy (non-hydrogen) atoms. The Morgan fingerprint density at radius 3 is 0.638 bits per heavy atom. The van der Waals surface area contributed by atoms with Crippen LogP contribution in [0.5, 0.6) is 0 Å². The van der Waals surface area contributed by atoms with Gasteiger partial charge in [-0.1, -0.05) is 18.2 Å². The number of halogens is 20. The highest BCUT2D eigenvalue weighted by Gasteiger charge is 2.52. The lowest BCUT2D eigenvalue weighted by molar-refractivity contribution is -0.786. The van der Waals surface area contributed by atoms with Gasteiger partial charge in [-0.05, 0) is 26.0 Å². The fourth-order valence-electron chi connectivity index (χ4n) is 5.65. The first-order valence-corrected chi connectivity index (χ1v) is 15.3. The van der Waals surface area contributed by atoms with Crippen LogP contribution in [-0.4, -0.2) is 26.0 Å². The maximum absolute atomic E-state index is 15.4. The Balaban J connectivity index is 0.000000590. The van der Waals surface area contributed by atoms with Crippen molar-refractivity contribution in [1.29, 1.82) is 0 Å². The molecule has 5 aromatic carbocycles. The molecule has 0 atom stereocenters. The zero-order valence-electron chi connectivity index (χ0n) is 28.9. The van der Waals surface area contributed by atoms with Gasteiger partial charge in [0.15, 0.2) is 69.8 Å². The number of Topliss-reactive ketones (excluding diaryl/α,β-unsaturated/α-hetero) is 1. The second-order valence-electron chi connectivity index (χ2n) is 12.1. The number of benzene rings is 5. The van der Waals surface area contributed by atoms with Crippen molar-refractivity contribution in [2.45, 2.75) is 13.8 Å². The second-order valence-corrected chi connectivity index (χ2v) is 12.1. The second kappa shape index (κ2) is 17.5. The van der Waals surface area contributed by atoms with Crippen LogP contribution in [0.25, 0.3) is 0 Å². The zero-order chi connectivity index (χ0) is 44.6. The molecule has 0 heterocycles. The Kier molecular flexibility index (Phi) is 14.1. The van der Waals surface area contributed by atoms with Gasteiger partial charge in [-0.2, -0.15) is 0 Å². The van der Waals surface area contributed by atoms with E-state index in [1.807, 2.05) is 6.07 Å². The molecule has 0 saturated heterocycles. The molecule has 0 aromatic heterocycles. The molecule has 0 aliphatic rings. The van der Waals surface area contributed by atoms with E-state index >= 15 is 35.1 Å². The number of carbonyl (C=O) groups is 1. The highest BCUT2D eigenvalue weighted by molar-refractivity contribution is 7.20. The number of para-hydroxylation sites is 1. The summed E-state index contributed by atoms with van der Waals surface area (Å²) in [7, 11) is 4.24. The zero-order valence-corrected chi connectivity index (χ0v) is 28.9. The number of nitrogens with one attached hydrogen (secondary N) is 1. The van der Waals surface area contributed by atoms with E-state index in [9.17, 15) is 57.5 Å². The fraction of sp³-hybridized carbons (Fsp3) is 0.114. The van der Waals surface area contributed by atoms with Gasteiger partial charge in [0, 0.05) is 0 Å². The summed E-state index contributed by atoms with van der Waals surface area (Å²) in [5, 5.41) is 0. The molecule has 23 heteroatoms. The van der Waals surface area contributed by atoms with E-state index in [0.29, 0.717) is 0 Å². The summed E-state index contributed by atoms with van der Waals surface area (Å²) in [6.45, 7) is 3.06. The Labute approximate surface area is 311 Å². The van der Waals surface area contributed by atoms with E-state index in [1.54, 1.807) is 0 Å². The third kappa shape index (κ3) is 7.70. The van der Waals surface area contributed by atoms with Gasteiger partial charge in [0.2, 0.25) is 0 Å². The minimum atomic E-state index is -7.22. The van der Waals surface area contributed by atoms with Crippen molar-refractivity contribution in [2.75, 3.05) is 14.1 Å². The van der Waals surface area contributed by atoms with Crippen LogP contribution in [0.1, 0.15) is 13.8 Å². The molecular formula is C35H18BF20NO. The Morgan fingerprint density at radius 1 is 0.345 bits per heavy atom. The summed E-state index contributed by atoms with van der Waals surface area (Å²) in [6, 6.07) is 10.4. The summed E-state index contributed by atoms with van der Waals surface area (Å²) in [5.41, 5.74) is -13.0. The summed E-state index contributed by atoms with van der Waals surface area (Å²) in [5.74, 6) is -71.2. The molecular weight excluding hydrogens is 841 g/mol. The molecule has 0 saturated carbocycles. The lowest BCUT2D eigenvalue weighted by Gasteiger charge is -2.44. The molecule has 0 unspecified atom stereocenters. The molecule has 0 bridgehead atoms. The molecule has 0 spiro atoms. The first-order valence-electron chi connectivity index (χ1n) is 15.3. The average molecular weight is 859 g/mol. The number of ketones is 1. The summed E-state index contributed by atoms with van der Waals surface area (Å²) >= 11 is 0. The number of quaternary nitrogens is 1. The molecule has 0 amide bonds. The third-order valence-electron chi connectivity index (χ3n) is 8.06. The smallest absolute Gasteiger partial charge is 0.200 e. The summed E-state index contributed by atoms with van der Waals surface area (Å²) < 4.78 is 294. The highest BCUT2D eigenvalue weighted by atomic mass is 19.2. The van der Waals surface area contributed by atoms with E-state index in [0.717, 1.165) is 0 Å². The number of hydrogen-bond donors (Lipinski definition) is 1. The molecule has 2 nitrogen and oxygen atoms in total. The van der Waals surface area contributed by atoms with Gasteiger partial charge in [0.05, 0.1) is 14.1 Å². The average Bonchev–Trinajstić information content (AvgIpc) is 3.18. The van der Waals surface area contributed by atoms with Gasteiger partial charge < -0.3 is 9.69 Å². The lowest BCUT2D eigenvalue weighted by Crippen LogP contribution is -3.00. The molecule has 0 aliphatic carbocycles. The minimum absolute atomic E-state index is 0.167. The van der Waals surface area contributed by atoms with Crippen LogP contribution in [-0.2, 0) is 4.79 Å². The molecule has 0 radical (unpaired) electrons. The van der Waals surface area contributed by atoms with Crippen LogP contribution >= 0.6 is 0 Å². The Hall–Kier alpha value is -5.61. The van der Waals surface area contributed by atoms with Crippen LogP contribution in [0.3, 0.4) is 0 Å². The fourth-order valence-corrected chi connectivity index (χ4v) is 5.65.